The Morgan fingerprint density at radius 2 is 1.96 bits per heavy atom. The number of benzene rings is 2. The number of hydrogen-bond acceptors (Lipinski definition) is 10. The summed E-state index contributed by atoms with van der Waals surface area (Å²) >= 11 is 7.86. The monoisotopic (exact) mass is 652 g/mol. The maximum absolute atomic E-state index is 14.0. The number of esters is 1. The lowest BCUT2D eigenvalue weighted by molar-refractivity contribution is -0.136. The van der Waals surface area contributed by atoms with Crippen LogP contribution in [0.3, 0.4) is 0 Å². The molecule has 2 fully saturated rings. The van der Waals surface area contributed by atoms with Gasteiger partial charge in [0.15, 0.2) is 16.6 Å². The van der Waals surface area contributed by atoms with Crippen LogP contribution in [-0.4, -0.2) is 90.9 Å². The topological polar surface area (TPSA) is 117 Å². The van der Waals surface area contributed by atoms with E-state index >= 15 is 0 Å². The predicted octanol–water partition coefficient (Wildman–Crippen LogP) is 4.05. The summed E-state index contributed by atoms with van der Waals surface area (Å²) in [6.07, 6.45) is 1.66. The summed E-state index contributed by atoms with van der Waals surface area (Å²) in [4.78, 5) is 52.8. The first-order valence-corrected chi connectivity index (χ1v) is 15.5. The molecule has 2 saturated heterocycles. The van der Waals surface area contributed by atoms with Gasteiger partial charge < -0.3 is 19.7 Å². The quantitative estimate of drug-likeness (QED) is 0.344. The number of anilines is 1. The normalized spacial score (nSPS) is 20.1. The predicted molar refractivity (Wildman–Crippen MR) is 167 cm³/mol. The molecule has 0 spiro atoms. The largest absolute Gasteiger partial charge is 0.486 e. The van der Waals surface area contributed by atoms with Gasteiger partial charge in [-0.25, -0.2) is 19.0 Å². The molecule has 3 aromatic rings. The Morgan fingerprint density at radius 3 is 2.64 bits per heavy atom. The van der Waals surface area contributed by atoms with E-state index in [0.717, 1.165) is 5.69 Å². The molecule has 2 atom stereocenters. The number of ether oxygens (including phenoxy) is 2. The number of amides is 2. The standard InChI is InChI=1S/C31H30ClFN6O5S/c1-18(40)17-44-22-6-4-20(5-7-22)39-15-21-14-37(10-11-38(21)31(39)42)16-25-26(30(41)43-2)27(23-8-3-19(33)13-24(23)32)36-28(35-25)29-34-9-12-45-29/h3-9,12-13,21,27H,10-11,14-17H2,1-2H3,(H,35,36)/t21-,27-/m0/s1. The zero-order valence-corrected chi connectivity index (χ0v) is 26.1. The molecule has 2 aromatic carbocycles. The Bertz CT molecular complexity index is 1680. The van der Waals surface area contributed by atoms with E-state index in [1.807, 2.05) is 22.4 Å². The molecule has 234 valence electrons. The number of piperazine rings is 1. The van der Waals surface area contributed by atoms with E-state index < -0.39 is 17.8 Å². The first-order valence-electron chi connectivity index (χ1n) is 14.3. The molecule has 4 heterocycles. The van der Waals surface area contributed by atoms with Gasteiger partial charge in [0, 0.05) is 66.3 Å². The van der Waals surface area contributed by atoms with Crippen molar-refractivity contribution in [3.8, 4) is 5.75 Å². The molecule has 0 unspecified atom stereocenters. The number of carbonyl (C=O) groups excluding carboxylic acids is 3. The molecule has 11 nitrogen and oxygen atoms in total. The molecular formula is C31H30ClFN6O5S. The number of hydrogen-bond donors (Lipinski definition) is 1. The van der Waals surface area contributed by atoms with Crippen molar-refractivity contribution >= 4 is 52.2 Å². The molecule has 0 aliphatic carbocycles. The fourth-order valence-corrected chi connectivity index (χ4v) is 6.59. The van der Waals surface area contributed by atoms with Crippen molar-refractivity contribution in [1.82, 2.24) is 20.1 Å². The Morgan fingerprint density at radius 1 is 1.16 bits per heavy atom. The van der Waals surface area contributed by atoms with E-state index in [0.29, 0.717) is 60.6 Å². The summed E-state index contributed by atoms with van der Waals surface area (Å²) < 4.78 is 24.6. The highest BCUT2D eigenvalue weighted by atomic mass is 35.5. The van der Waals surface area contributed by atoms with Gasteiger partial charge >= 0.3 is 12.0 Å². The van der Waals surface area contributed by atoms with Crippen LogP contribution < -0.4 is 15.0 Å². The maximum Gasteiger partial charge on any atom is 0.338 e. The molecule has 6 rings (SSSR count). The van der Waals surface area contributed by atoms with Crippen molar-refractivity contribution in [1.29, 1.82) is 0 Å². The molecule has 3 aliphatic rings. The molecule has 1 N–H and O–H groups in total. The number of methoxy groups -OCH3 is 1. The van der Waals surface area contributed by atoms with Crippen molar-refractivity contribution in [3.63, 3.8) is 0 Å². The molecule has 45 heavy (non-hydrogen) atoms. The van der Waals surface area contributed by atoms with Crippen LogP contribution in [0.2, 0.25) is 5.02 Å². The molecule has 3 aliphatic heterocycles. The number of aliphatic imine (C=N–C) groups is 1. The summed E-state index contributed by atoms with van der Waals surface area (Å²) in [5.41, 5.74) is 2.04. The highest BCUT2D eigenvalue weighted by molar-refractivity contribution is 7.11. The van der Waals surface area contributed by atoms with Crippen molar-refractivity contribution < 1.29 is 28.2 Å². The number of aromatic nitrogens is 1. The van der Waals surface area contributed by atoms with Crippen molar-refractivity contribution in [2.24, 2.45) is 4.99 Å². The third-order valence-electron chi connectivity index (χ3n) is 7.83. The van der Waals surface area contributed by atoms with Crippen molar-refractivity contribution in [2.45, 2.75) is 19.0 Å². The van der Waals surface area contributed by atoms with Gasteiger partial charge in [-0.2, -0.15) is 0 Å². The molecule has 0 bridgehead atoms. The molecular weight excluding hydrogens is 623 g/mol. The lowest BCUT2D eigenvalue weighted by atomic mass is 9.95. The molecule has 14 heteroatoms. The summed E-state index contributed by atoms with van der Waals surface area (Å²) in [5.74, 6) is -0.133. The number of amidine groups is 1. The minimum atomic E-state index is -0.854. The van der Waals surface area contributed by atoms with Crippen LogP contribution in [0.25, 0.3) is 0 Å². The summed E-state index contributed by atoms with van der Waals surface area (Å²) in [6.45, 7) is 3.91. The lowest BCUT2D eigenvalue weighted by Gasteiger charge is -2.38. The lowest BCUT2D eigenvalue weighted by Crippen LogP contribution is -2.53. The number of ketones is 1. The first-order chi connectivity index (χ1) is 21.7. The van der Waals surface area contributed by atoms with Crippen molar-refractivity contribution in [2.75, 3.05) is 51.3 Å². The third kappa shape index (κ3) is 6.42. The number of fused-ring (bicyclic) bond motifs is 1. The second-order valence-corrected chi connectivity index (χ2v) is 12.2. The average molecular weight is 653 g/mol. The number of nitrogens with one attached hydrogen (secondary N) is 1. The van der Waals surface area contributed by atoms with E-state index in [-0.39, 0.29) is 35.1 Å². The number of thiazole rings is 1. The Kier molecular flexibility index (Phi) is 8.83. The van der Waals surface area contributed by atoms with Crippen LogP contribution in [0.15, 0.2) is 70.3 Å². The summed E-state index contributed by atoms with van der Waals surface area (Å²) in [7, 11) is 1.30. The van der Waals surface area contributed by atoms with Gasteiger partial charge in [0.25, 0.3) is 0 Å². The molecule has 0 saturated carbocycles. The van der Waals surface area contributed by atoms with Crippen LogP contribution in [0.4, 0.5) is 14.9 Å². The van der Waals surface area contributed by atoms with Gasteiger partial charge in [-0.05, 0) is 43.3 Å². The summed E-state index contributed by atoms with van der Waals surface area (Å²) in [6, 6.07) is 10.1. The highest BCUT2D eigenvalue weighted by Gasteiger charge is 2.42. The third-order valence-corrected chi connectivity index (χ3v) is 8.94. The van der Waals surface area contributed by atoms with Gasteiger partial charge in [0.1, 0.15) is 24.2 Å². The van der Waals surface area contributed by atoms with E-state index in [1.165, 1.54) is 43.6 Å². The maximum atomic E-state index is 14.0. The fraction of sp³-hybridized carbons (Fsp3) is 0.323. The van der Waals surface area contributed by atoms with Crippen LogP contribution in [-0.2, 0) is 14.3 Å². The highest BCUT2D eigenvalue weighted by Crippen LogP contribution is 2.37. The Labute approximate surface area is 267 Å². The van der Waals surface area contributed by atoms with Crippen LogP contribution >= 0.6 is 22.9 Å². The van der Waals surface area contributed by atoms with Crippen LogP contribution in [0, 0.1) is 5.82 Å². The van der Waals surface area contributed by atoms with Gasteiger partial charge in [0.05, 0.1) is 18.7 Å². The number of carbonyl (C=O) groups is 3. The van der Waals surface area contributed by atoms with Crippen LogP contribution in [0.5, 0.6) is 5.75 Å². The average Bonchev–Trinajstić information content (AvgIpc) is 3.68. The number of halogens is 2. The molecule has 0 radical (unpaired) electrons. The van der Waals surface area contributed by atoms with E-state index in [4.69, 9.17) is 26.1 Å². The zero-order chi connectivity index (χ0) is 31.7. The van der Waals surface area contributed by atoms with E-state index in [9.17, 15) is 18.8 Å². The second-order valence-electron chi connectivity index (χ2n) is 10.9. The van der Waals surface area contributed by atoms with Gasteiger partial charge in [0.2, 0.25) is 0 Å². The van der Waals surface area contributed by atoms with Gasteiger partial charge in [-0.3, -0.25) is 19.6 Å². The smallest absolute Gasteiger partial charge is 0.338 e. The number of nitrogens with zero attached hydrogens (tertiary/aromatic N) is 5. The molecule has 1 aromatic heterocycles. The number of Topliss-reactive ketones (excluding diaryl/α,β-unsaturated/α-hetero) is 1. The van der Waals surface area contributed by atoms with Crippen LogP contribution in [0.1, 0.15) is 23.5 Å². The minimum absolute atomic E-state index is 0.00840. The first kappa shape index (κ1) is 30.7. The number of rotatable bonds is 9. The SMILES string of the molecule is COC(=O)C1=C(CN2CCN3C(=O)N(c4ccc(OCC(C)=O)cc4)C[C@@H]3C2)NC(c2nccs2)=N[C@H]1c1ccc(F)cc1Cl. The minimum Gasteiger partial charge on any atom is -0.486 e. The van der Waals surface area contributed by atoms with Gasteiger partial charge in [-0.15, -0.1) is 11.3 Å². The van der Waals surface area contributed by atoms with E-state index in [1.54, 1.807) is 23.2 Å². The molecule has 2 amide bonds. The Hall–Kier alpha value is -4.33. The fourth-order valence-electron chi connectivity index (χ4n) is 5.73. The van der Waals surface area contributed by atoms with E-state index in [2.05, 4.69) is 15.2 Å². The second kappa shape index (κ2) is 13.0. The zero-order valence-electron chi connectivity index (χ0n) is 24.5. The number of urea groups is 1. The van der Waals surface area contributed by atoms with Gasteiger partial charge in [-0.1, -0.05) is 17.7 Å². The summed E-state index contributed by atoms with van der Waals surface area (Å²) in [5, 5.41) is 5.91. The Balaban J connectivity index is 1.24. The van der Waals surface area contributed by atoms with Crippen molar-refractivity contribution in [3.05, 3.63) is 86.7 Å².